The fourth-order valence-corrected chi connectivity index (χ4v) is 3.04. The van der Waals surface area contributed by atoms with Crippen LogP contribution in [0.1, 0.15) is 27.7 Å². The quantitative estimate of drug-likeness (QED) is 0.769. The van der Waals surface area contributed by atoms with E-state index < -0.39 is 12.1 Å². The maximum absolute atomic E-state index is 12.5. The van der Waals surface area contributed by atoms with Gasteiger partial charge >= 0.3 is 0 Å². The summed E-state index contributed by atoms with van der Waals surface area (Å²) in [5.74, 6) is -0.349. The van der Waals surface area contributed by atoms with E-state index in [1.165, 1.54) is 0 Å². The van der Waals surface area contributed by atoms with E-state index in [0.29, 0.717) is 6.42 Å². The molecule has 4 rings (SSSR count). The second-order valence-electron chi connectivity index (χ2n) is 5.81. The number of aliphatic hydroxyl groups is 1. The van der Waals surface area contributed by atoms with E-state index in [9.17, 15) is 9.90 Å². The summed E-state index contributed by atoms with van der Waals surface area (Å²) in [5, 5.41) is 21.0. The van der Waals surface area contributed by atoms with Gasteiger partial charge in [-0.2, -0.15) is 0 Å². The number of amides is 1. The second kappa shape index (κ2) is 5.90. The van der Waals surface area contributed by atoms with E-state index >= 15 is 0 Å². The zero-order chi connectivity index (χ0) is 16.5. The van der Waals surface area contributed by atoms with Gasteiger partial charge in [0.2, 0.25) is 0 Å². The average Bonchev–Trinajstić information content (AvgIpc) is 3.21. The highest BCUT2D eigenvalue weighted by Crippen LogP contribution is 2.31. The number of nitrogens with one attached hydrogen (secondary N) is 1. The third-order valence-corrected chi connectivity index (χ3v) is 4.24. The monoisotopic (exact) mass is 320 g/mol. The summed E-state index contributed by atoms with van der Waals surface area (Å²) in [6.07, 6.45) is 1.49. The minimum Gasteiger partial charge on any atom is -0.390 e. The Hall–Kier alpha value is -2.99. The van der Waals surface area contributed by atoms with Gasteiger partial charge in [0.15, 0.2) is 5.69 Å². The highest BCUT2D eigenvalue weighted by Gasteiger charge is 2.32. The molecule has 0 aliphatic heterocycles. The Labute approximate surface area is 138 Å². The smallest absolute Gasteiger partial charge is 0.274 e. The molecule has 2 unspecified atom stereocenters. The lowest BCUT2D eigenvalue weighted by molar-refractivity contribution is 0.0853. The number of aliphatic hydroxyl groups excluding tert-OH is 1. The van der Waals surface area contributed by atoms with Crippen LogP contribution in [0.3, 0.4) is 0 Å². The third-order valence-electron chi connectivity index (χ3n) is 4.24. The zero-order valence-corrected chi connectivity index (χ0v) is 12.8. The maximum Gasteiger partial charge on any atom is 0.274 e. The number of para-hydroxylation sites is 1. The molecule has 0 saturated heterocycles. The van der Waals surface area contributed by atoms with Crippen LogP contribution in [0.15, 0.2) is 60.8 Å². The summed E-state index contributed by atoms with van der Waals surface area (Å²) < 4.78 is 1.55. The fraction of sp³-hybridized carbons (Fsp3) is 0.167. The summed E-state index contributed by atoms with van der Waals surface area (Å²) in [7, 11) is 0. The van der Waals surface area contributed by atoms with Gasteiger partial charge in [-0.05, 0) is 23.3 Å². The number of hydrogen-bond acceptors (Lipinski definition) is 4. The molecule has 120 valence electrons. The Kier molecular flexibility index (Phi) is 3.59. The van der Waals surface area contributed by atoms with Crippen LogP contribution in [0.4, 0.5) is 0 Å². The Morgan fingerprint density at radius 3 is 2.71 bits per heavy atom. The van der Waals surface area contributed by atoms with Gasteiger partial charge < -0.3 is 10.4 Å². The first kappa shape index (κ1) is 14.6. The molecule has 24 heavy (non-hydrogen) atoms. The molecular weight excluding hydrogens is 304 g/mol. The van der Waals surface area contributed by atoms with Crippen molar-refractivity contribution in [1.82, 2.24) is 20.3 Å². The van der Waals surface area contributed by atoms with Gasteiger partial charge in [-0.15, -0.1) is 5.10 Å². The number of nitrogens with zero attached hydrogens (tertiary/aromatic N) is 3. The summed E-state index contributed by atoms with van der Waals surface area (Å²) >= 11 is 0. The van der Waals surface area contributed by atoms with Crippen LogP contribution in [-0.4, -0.2) is 32.1 Å². The molecule has 1 aliphatic rings. The number of carbonyl (C=O) groups is 1. The second-order valence-corrected chi connectivity index (χ2v) is 5.81. The molecule has 3 aromatic rings. The first-order valence-corrected chi connectivity index (χ1v) is 7.77. The Morgan fingerprint density at radius 2 is 1.88 bits per heavy atom. The molecule has 0 saturated carbocycles. The first-order chi connectivity index (χ1) is 11.7. The molecule has 0 bridgehead atoms. The van der Waals surface area contributed by atoms with Crippen LogP contribution in [0.25, 0.3) is 5.69 Å². The molecule has 0 radical (unpaired) electrons. The average molecular weight is 320 g/mol. The van der Waals surface area contributed by atoms with Gasteiger partial charge in [-0.25, -0.2) is 4.68 Å². The van der Waals surface area contributed by atoms with E-state index in [1.807, 2.05) is 54.6 Å². The Balaban J connectivity index is 1.54. The van der Waals surface area contributed by atoms with Crippen LogP contribution in [-0.2, 0) is 6.42 Å². The SMILES string of the molecule is O=C(NC1c2ccccc2CC1O)c1cn(-c2ccccc2)nn1. The third kappa shape index (κ3) is 2.57. The molecule has 6 nitrogen and oxygen atoms in total. The number of benzene rings is 2. The van der Waals surface area contributed by atoms with Gasteiger partial charge in [-0.1, -0.05) is 47.7 Å². The topological polar surface area (TPSA) is 80.0 Å². The van der Waals surface area contributed by atoms with Crippen molar-refractivity contribution in [1.29, 1.82) is 0 Å². The summed E-state index contributed by atoms with van der Waals surface area (Å²) in [4.78, 5) is 12.5. The van der Waals surface area contributed by atoms with Crippen molar-refractivity contribution in [2.75, 3.05) is 0 Å². The van der Waals surface area contributed by atoms with E-state index in [4.69, 9.17) is 0 Å². The van der Waals surface area contributed by atoms with Crippen molar-refractivity contribution >= 4 is 5.91 Å². The molecule has 0 spiro atoms. The van der Waals surface area contributed by atoms with Crippen LogP contribution < -0.4 is 5.32 Å². The zero-order valence-electron chi connectivity index (χ0n) is 12.8. The molecule has 2 N–H and O–H groups in total. The van der Waals surface area contributed by atoms with Crippen molar-refractivity contribution < 1.29 is 9.90 Å². The molecule has 1 amide bonds. The fourth-order valence-electron chi connectivity index (χ4n) is 3.04. The summed E-state index contributed by atoms with van der Waals surface area (Å²) in [5.41, 5.74) is 3.06. The molecule has 2 aromatic carbocycles. The summed E-state index contributed by atoms with van der Waals surface area (Å²) in [6.45, 7) is 0. The van der Waals surface area contributed by atoms with Crippen LogP contribution in [0, 0.1) is 0 Å². The molecular formula is C18H16N4O2. The van der Waals surface area contributed by atoms with Crippen molar-refractivity contribution in [3.8, 4) is 5.69 Å². The molecule has 0 fully saturated rings. The van der Waals surface area contributed by atoms with Gasteiger partial charge in [0.05, 0.1) is 24.0 Å². The lowest BCUT2D eigenvalue weighted by Gasteiger charge is -2.16. The molecule has 2 atom stereocenters. The Bertz CT molecular complexity index is 875. The minimum absolute atomic E-state index is 0.218. The van der Waals surface area contributed by atoms with Crippen LogP contribution >= 0.6 is 0 Å². The lowest BCUT2D eigenvalue weighted by Crippen LogP contribution is -2.34. The highest BCUT2D eigenvalue weighted by molar-refractivity contribution is 5.92. The largest absolute Gasteiger partial charge is 0.390 e. The maximum atomic E-state index is 12.5. The Morgan fingerprint density at radius 1 is 1.12 bits per heavy atom. The number of rotatable bonds is 3. The van der Waals surface area contributed by atoms with Crippen LogP contribution in [0.5, 0.6) is 0 Å². The number of hydrogen-bond donors (Lipinski definition) is 2. The van der Waals surface area contributed by atoms with Gasteiger partial charge in [-0.3, -0.25) is 4.79 Å². The van der Waals surface area contributed by atoms with Crippen molar-refractivity contribution in [2.24, 2.45) is 0 Å². The van der Waals surface area contributed by atoms with Gasteiger partial charge in [0.1, 0.15) is 0 Å². The highest BCUT2D eigenvalue weighted by atomic mass is 16.3. The van der Waals surface area contributed by atoms with Crippen molar-refractivity contribution in [3.05, 3.63) is 77.6 Å². The van der Waals surface area contributed by atoms with E-state index in [1.54, 1.807) is 10.9 Å². The van der Waals surface area contributed by atoms with Gasteiger partial charge in [0, 0.05) is 6.42 Å². The van der Waals surface area contributed by atoms with Crippen molar-refractivity contribution in [2.45, 2.75) is 18.6 Å². The molecule has 1 aromatic heterocycles. The molecule has 1 aliphatic carbocycles. The standard InChI is InChI=1S/C18H16N4O2/c23-16-10-12-6-4-5-9-14(12)17(16)19-18(24)15-11-22(21-20-15)13-7-2-1-3-8-13/h1-9,11,16-17,23H,10H2,(H,19,24). The summed E-state index contributed by atoms with van der Waals surface area (Å²) in [6, 6.07) is 16.8. The van der Waals surface area contributed by atoms with E-state index in [-0.39, 0.29) is 11.6 Å². The first-order valence-electron chi connectivity index (χ1n) is 7.77. The number of carbonyl (C=O) groups excluding carboxylic acids is 1. The minimum atomic E-state index is -0.629. The predicted octanol–water partition coefficient (Wildman–Crippen LogP) is 1.66. The van der Waals surface area contributed by atoms with Crippen molar-refractivity contribution in [3.63, 3.8) is 0 Å². The van der Waals surface area contributed by atoms with Crippen LogP contribution in [0.2, 0.25) is 0 Å². The lowest BCUT2D eigenvalue weighted by atomic mass is 10.1. The normalized spacial score (nSPS) is 19.0. The number of aromatic nitrogens is 3. The predicted molar refractivity (Wildman–Crippen MR) is 87.7 cm³/mol. The molecule has 1 heterocycles. The number of fused-ring (bicyclic) bond motifs is 1. The van der Waals surface area contributed by atoms with E-state index in [0.717, 1.165) is 16.8 Å². The van der Waals surface area contributed by atoms with Gasteiger partial charge in [0.25, 0.3) is 5.91 Å². The molecule has 6 heteroatoms. The van der Waals surface area contributed by atoms with E-state index in [2.05, 4.69) is 15.6 Å².